The molecule has 9 atom stereocenters. The van der Waals surface area contributed by atoms with Gasteiger partial charge in [-0.2, -0.15) is 0 Å². The first kappa shape index (κ1) is 37.3. The smallest absolute Gasteiger partial charge is 0.305 e. The summed E-state index contributed by atoms with van der Waals surface area (Å²) in [4.78, 5) is 72.2. The second-order valence-electron chi connectivity index (χ2n) is 10.8. The summed E-state index contributed by atoms with van der Waals surface area (Å²) in [6, 6.07) is 9.00. The first-order valence-electron chi connectivity index (χ1n) is 14.8. The molecule has 0 spiro atoms. The minimum absolute atomic E-state index is 0.00472. The Morgan fingerprint density at radius 3 is 1.77 bits per heavy atom. The molecule has 16 nitrogen and oxygen atoms in total. The van der Waals surface area contributed by atoms with Crippen molar-refractivity contribution in [3.63, 3.8) is 0 Å². The number of carbonyl (C=O) groups is 6. The van der Waals surface area contributed by atoms with E-state index in [0.29, 0.717) is 0 Å². The van der Waals surface area contributed by atoms with Gasteiger partial charge in [0, 0.05) is 48.0 Å². The number of ether oxygens (including phenoxy) is 10. The van der Waals surface area contributed by atoms with Crippen LogP contribution in [-0.4, -0.2) is 104 Å². The maximum Gasteiger partial charge on any atom is 0.305 e. The van der Waals surface area contributed by atoms with Gasteiger partial charge in [0.2, 0.25) is 6.29 Å². The average Bonchev–Trinajstić information content (AvgIpc) is 2.97. The molecule has 2 fully saturated rings. The van der Waals surface area contributed by atoms with Crippen LogP contribution in [0.5, 0.6) is 0 Å². The van der Waals surface area contributed by atoms with Gasteiger partial charge >= 0.3 is 35.8 Å². The maximum absolute atomic E-state index is 12.4. The largest absolute Gasteiger partial charge is 0.463 e. The van der Waals surface area contributed by atoms with Crippen molar-refractivity contribution in [1.82, 2.24) is 0 Å². The number of hydrogen-bond donors (Lipinski definition) is 0. The minimum atomic E-state index is -1.62. The Morgan fingerprint density at radius 2 is 1.19 bits per heavy atom. The molecule has 3 rings (SSSR count). The second kappa shape index (κ2) is 17.7. The van der Waals surface area contributed by atoms with Gasteiger partial charge in [-0.25, -0.2) is 0 Å². The van der Waals surface area contributed by atoms with Crippen LogP contribution in [0.15, 0.2) is 30.3 Å². The van der Waals surface area contributed by atoms with Crippen LogP contribution in [0.2, 0.25) is 0 Å². The third-order valence-electron chi connectivity index (χ3n) is 6.75. The molecule has 2 saturated heterocycles. The zero-order valence-electron chi connectivity index (χ0n) is 26.9. The molecule has 0 unspecified atom stereocenters. The highest BCUT2D eigenvalue weighted by atomic mass is 16.8. The lowest BCUT2D eigenvalue weighted by Gasteiger charge is -2.47. The van der Waals surface area contributed by atoms with Gasteiger partial charge in [-0.05, 0) is 5.56 Å². The maximum atomic E-state index is 12.4. The predicted octanol–water partition coefficient (Wildman–Crippen LogP) is 1.28. The van der Waals surface area contributed by atoms with E-state index in [1.165, 1.54) is 13.8 Å². The fourth-order valence-corrected chi connectivity index (χ4v) is 5.03. The van der Waals surface area contributed by atoms with Gasteiger partial charge in [-0.3, -0.25) is 28.8 Å². The molecule has 1 aromatic carbocycles. The number of hydrogen-bond acceptors (Lipinski definition) is 16. The van der Waals surface area contributed by atoms with Crippen LogP contribution in [0.1, 0.15) is 53.5 Å². The topological polar surface area (TPSA) is 195 Å². The molecule has 0 bridgehead atoms. The van der Waals surface area contributed by atoms with Crippen molar-refractivity contribution < 1.29 is 76.1 Å². The van der Waals surface area contributed by atoms with Gasteiger partial charge in [0.1, 0.15) is 31.5 Å². The Morgan fingerprint density at radius 1 is 0.617 bits per heavy atom. The zero-order chi connectivity index (χ0) is 34.7. The van der Waals surface area contributed by atoms with E-state index in [9.17, 15) is 28.8 Å². The van der Waals surface area contributed by atoms with E-state index in [2.05, 4.69) is 0 Å². The lowest BCUT2D eigenvalue weighted by Crippen LogP contribution is -2.64. The quantitative estimate of drug-likeness (QED) is 0.215. The molecular weight excluding hydrogens is 628 g/mol. The van der Waals surface area contributed by atoms with Gasteiger partial charge in [0.05, 0.1) is 12.7 Å². The molecule has 0 saturated carbocycles. The van der Waals surface area contributed by atoms with E-state index < -0.39 is 97.7 Å². The Bertz CT molecular complexity index is 1230. The van der Waals surface area contributed by atoms with E-state index in [1.807, 2.05) is 6.07 Å². The number of benzene rings is 1. The standard InChI is InChI=1S/C31H40O16/c1-16(32)38-14-23-12-24(41-18(3)34)27(30(45-23)44-21(6)37)47-31-29(43-20(5)36)28(42-19(4)35)26(25(46-31)15-39-17(2)33)40-13-22-10-8-7-9-11-22/h7-11,23-31H,12-15H2,1-6H3/t23-,24+,25-,26-,27+,28+,29+,30+,31-/m1/s1. The first-order chi connectivity index (χ1) is 22.2. The Balaban J connectivity index is 2.02. The van der Waals surface area contributed by atoms with Crippen molar-refractivity contribution in [2.75, 3.05) is 13.2 Å². The fraction of sp³-hybridized carbons (Fsp3) is 0.613. The van der Waals surface area contributed by atoms with E-state index in [-0.39, 0.29) is 19.6 Å². The highest BCUT2D eigenvalue weighted by Gasteiger charge is 2.54. The third-order valence-corrected chi connectivity index (χ3v) is 6.75. The molecule has 2 aliphatic rings. The van der Waals surface area contributed by atoms with E-state index >= 15 is 0 Å². The molecule has 0 aromatic heterocycles. The van der Waals surface area contributed by atoms with E-state index in [4.69, 9.17) is 47.4 Å². The van der Waals surface area contributed by atoms with Gasteiger partial charge in [-0.15, -0.1) is 0 Å². The summed E-state index contributed by atoms with van der Waals surface area (Å²) in [6.45, 7) is 6.23. The zero-order valence-corrected chi connectivity index (χ0v) is 26.9. The summed E-state index contributed by atoms with van der Waals surface area (Å²) >= 11 is 0. The molecule has 0 N–H and O–H groups in total. The molecule has 16 heteroatoms. The summed E-state index contributed by atoms with van der Waals surface area (Å²) in [5, 5.41) is 0. The molecular formula is C31H40O16. The summed E-state index contributed by atoms with van der Waals surface area (Å²) in [5.41, 5.74) is 0.749. The van der Waals surface area contributed by atoms with Crippen molar-refractivity contribution in [1.29, 1.82) is 0 Å². The molecule has 1 aromatic rings. The number of rotatable bonds is 13. The summed E-state index contributed by atoms with van der Waals surface area (Å²) < 4.78 is 56.7. The minimum Gasteiger partial charge on any atom is -0.463 e. The first-order valence-corrected chi connectivity index (χ1v) is 14.8. The van der Waals surface area contributed by atoms with Crippen LogP contribution < -0.4 is 0 Å². The van der Waals surface area contributed by atoms with Crippen molar-refractivity contribution >= 4 is 35.8 Å². The van der Waals surface area contributed by atoms with Crippen LogP contribution in [0.25, 0.3) is 0 Å². The summed E-state index contributed by atoms with van der Waals surface area (Å²) in [5.74, 6) is -4.34. The van der Waals surface area contributed by atoms with Crippen LogP contribution in [-0.2, 0) is 82.7 Å². The van der Waals surface area contributed by atoms with Crippen LogP contribution >= 0.6 is 0 Å². The van der Waals surface area contributed by atoms with Gasteiger partial charge in [0.25, 0.3) is 0 Å². The van der Waals surface area contributed by atoms with Gasteiger partial charge in [0.15, 0.2) is 24.6 Å². The molecule has 0 amide bonds. The average molecular weight is 669 g/mol. The van der Waals surface area contributed by atoms with Crippen LogP contribution in [0.4, 0.5) is 0 Å². The summed E-state index contributed by atoms with van der Waals surface area (Å²) in [7, 11) is 0. The SMILES string of the molecule is CC(=O)OC[C@H]1C[C@H](OC(C)=O)[C@H](O[C@H]2O[C@H](COC(C)=O)[C@@H](OCc3ccccc3)[C@H](OC(C)=O)[C@@H]2OC(C)=O)[C@@H](OC(C)=O)O1. The number of carbonyl (C=O) groups excluding carboxylic acids is 6. The van der Waals surface area contributed by atoms with Crippen LogP contribution in [0.3, 0.4) is 0 Å². The number of esters is 6. The van der Waals surface area contributed by atoms with Crippen LogP contribution in [0, 0.1) is 0 Å². The highest BCUT2D eigenvalue weighted by Crippen LogP contribution is 2.34. The Labute approximate surface area is 271 Å². The second-order valence-corrected chi connectivity index (χ2v) is 10.8. The van der Waals surface area contributed by atoms with Crippen molar-refractivity contribution in [2.24, 2.45) is 0 Å². The van der Waals surface area contributed by atoms with Crippen molar-refractivity contribution in [3.8, 4) is 0 Å². The molecule has 2 heterocycles. The molecule has 2 aliphatic heterocycles. The fourth-order valence-electron chi connectivity index (χ4n) is 5.03. The van der Waals surface area contributed by atoms with E-state index in [1.54, 1.807) is 24.3 Å². The third kappa shape index (κ3) is 11.9. The summed E-state index contributed by atoms with van der Waals surface area (Å²) in [6.07, 6.45) is -11.9. The molecule has 0 radical (unpaired) electrons. The lowest BCUT2D eigenvalue weighted by atomic mass is 9.97. The molecule has 260 valence electrons. The van der Waals surface area contributed by atoms with Gasteiger partial charge < -0.3 is 47.4 Å². The van der Waals surface area contributed by atoms with E-state index in [0.717, 1.165) is 33.3 Å². The molecule has 47 heavy (non-hydrogen) atoms. The molecule has 0 aliphatic carbocycles. The highest BCUT2D eigenvalue weighted by molar-refractivity contribution is 5.68. The lowest BCUT2D eigenvalue weighted by molar-refractivity contribution is -0.356. The normalized spacial score (nSPS) is 28.7. The van der Waals surface area contributed by atoms with Crippen molar-refractivity contribution in [2.45, 2.75) is 110 Å². The predicted molar refractivity (Wildman–Crippen MR) is 154 cm³/mol. The van der Waals surface area contributed by atoms with Gasteiger partial charge in [-0.1, -0.05) is 30.3 Å². The van der Waals surface area contributed by atoms with Crippen molar-refractivity contribution in [3.05, 3.63) is 35.9 Å². The monoisotopic (exact) mass is 668 g/mol. The Kier molecular flexibility index (Phi) is 14.1. The Hall–Kier alpha value is -4.12.